The van der Waals surface area contributed by atoms with Crippen LogP contribution in [0.5, 0.6) is 0 Å². The molecule has 2 nitrogen and oxygen atoms in total. The van der Waals surface area contributed by atoms with Crippen LogP contribution < -0.4 is 0 Å². The number of nitrogens with zero attached hydrogens (tertiary/aromatic N) is 2. The molecular weight excluding hydrogens is 204 g/mol. The van der Waals surface area contributed by atoms with Gasteiger partial charge in [0.15, 0.2) is 0 Å². The van der Waals surface area contributed by atoms with Gasteiger partial charge in [-0.2, -0.15) is 5.26 Å². The predicted octanol–water partition coefficient (Wildman–Crippen LogP) is 3.38. The summed E-state index contributed by atoms with van der Waals surface area (Å²) in [5, 5.41) is 10.00. The lowest BCUT2D eigenvalue weighted by atomic mass is 10.1. The van der Waals surface area contributed by atoms with Gasteiger partial charge in [0, 0.05) is 5.69 Å². The summed E-state index contributed by atoms with van der Waals surface area (Å²) in [4.78, 5) is 4.48. The van der Waals surface area contributed by atoms with E-state index in [1.807, 2.05) is 20.8 Å². The molecule has 0 radical (unpaired) electrons. The molecule has 0 aliphatic carbocycles. The van der Waals surface area contributed by atoms with Crippen molar-refractivity contribution in [2.75, 3.05) is 5.75 Å². The van der Waals surface area contributed by atoms with Crippen molar-refractivity contribution in [3.05, 3.63) is 22.4 Å². The summed E-state index contributed by atoms with van der Waals surface area (Å²) < 4.78 is 0. The van der Waals surface area contributed by atoms with Crippen molar-refractivity contribution in [2.45, 2.75) is 39.1 Å². The van der Waals surface area contributed by atoms with Gasteiger partial charge in [0.1, 0.15) is 11.1 Å². The molecule has 1 aromatic rings. The first-order valence-electron chi connectivity index (χ1n) is 5.12. The molecule has 80 valence electrons. The zero-order valence-electron chi connectivity index (χ0n) is 9.72. The molecule has 0 unspecified atom stereocenters. The van der Waals surface area contributed by atoms with E-state index < -0.39 is 0 Å². The van der Waals surface area contributed by atoms with Crippen LogP contribution in [0, 0.1) is 32.1 Å². The van der Waals surface area contributed by atoms with Crippen molar-refractivity contribution >= 4 is 11.8 Å². The van der Waals surface area contributed by atoms with Crippen molar-refractivity contribution in [1.29, 1.82) is 5.26 Å². The molecule has 0 saturated heterocycles. The zero-order valence-corrected chi connectivity index (χ0v) is 10.5. The molecule has 0 aliphatic heterocycles. The first kappa shape index (κ1) is 12.1. The molecule has 0 N–H and O–H groups in total. The second-order valence-corrected chi connectivity index (χ2v) is 4.67. The molecule has 1 rings (SSSR count). The summed E-state index contributed by atoms with van der Waals surface area (Å²) >= 11 is 1.68. The lowest BCUT2D eigenvalue weighted by Crippen LogP contribution is -1.99. The lowest BCUT2D eigenvalue weighted by Gasteiger charge is -2.10. The fourth-order valence-electron chi connectivity index (χ4n) is 1.35. The van der Waals surface area contributed by atoms with Gasteiger partial charge < -0.3 is 0 Å². The second-order valence-electron chi connectivity index (χ2n) is 3.59. The zero-order chi connectivity index (χ0) is 11.4. The first-order valence-corrected chi connectivity index (χ1v) is 6.11. The minimum atomic E-state index is 0.747. The average molecular weight is 220 g/mol. The molecule has 3 heteroatoms. The van der Waals surface area contributed by atoms with Gasteiger partial charge in [-0.25, -0.2) is 4.98 Å². The minimum Gasteiger partial charge on any atom is -0.245 e. The molecule has 0 bridgehead atoms. The Morgan fingerprint density at radius 2 is 1.93 bits per heavy atom. The van der Waals surface area contributed by atoms with E-state index in [0.717, 1.165) is 39.6 Å². The summed E-state index contributed by atoms with van der Waals surface area (Å²) in [5.41, 5.74) is 3.98. The third-order valence-electron chi connectivity index (χ3n) is 2.52. The highest BCUT2D eigenvalue weighted by Crippen LogP contribution is 2.26. The molecule has 1 aromatic heterocycles. The van der Waals surface area contributed by atoms with E-state index in [1.165, 1.54) is 0 Å². The third-order valence-corrected chi connectivity index (χ3v) is 3.70. The van der Waals surface area contributed by atoms with E-state index in [2.05, 4.69) is 18.0 Å². The fraction of sp³-hybridized carbons (Fsp3) is 0.500. The highest BCUT2D eigenvalue weighted by atomic mass is 32.2. The number of thioether (sulfide) groups is 1. The van der Waals surface area contributed by atoms with Crippen molar-refractivity contribution < 1.29 is 0 Å². The number of hydrogen-bond donors (Lipinski definition) is 0. The van der Waals surface area contributed by atoms with Crippen LogP contribution in [-0.4, -0.2) is 10.7 Å². The normalized spacial score (nSPS) is 10.1. The van der Waals surface area contributed by atoms with E-state index in [4.69, 9.17) is 5.26 Å². The van der Waals surface area contributed by atoms with Gasteiger partial charge in [-0.1, -0.05) is 6.92 Å². The highest BCUT2D eigenvalue weighted by molar-refractivity contribution is 7.99. The standard InChI is InChI=1S/C12H16N2S/c1-5-6-15-12-11(7-13)9(3)8(2)10(4)14-12/h5-6H2,1-4H3. The molecule has 0 saturated carbocycles. The molecular formula is C12H16N2S. The number of nitriles is 1. The summed E-state index contributed by atoms with van der Waals surface area (Å²) in [5.74, 6) is 1.02. The molecule has 0 aromatic carbocycles. The Kier molecular flexibility index (Phi) is 4.16. The fourth-order valence-corrected chi connectivity index (χ4v) is 2.29. The Morgan fingerprint density at radius 3 is 2.47 bits per heavy atom. The Bertz CT molecular complexity index is 405. The van der Waals surface area contributed by atoms with Crippen LogP contribution >= 0.6 is 11.8 Å². The quantitative estimate of drug-likeness (QED) is 0.733. The van der Waals surface area contributed by atoms with E-state index in [0.29, 0.717) is 0 Å². The first-order chi connectivity index (χ1) is 7.11. The lowest BCUT2D eigenvalue weighted by molar-refractivity contribution is 0.993. The number of aromatic nitrogens is 1. The number of hydrogen-bond acceptors (Lipinski definition) is 3. The molecule has 0 fully saturated rings. The number of aryl methyl sites for hydroxylation is 1. The van der Waals surface area contributed by atoms with E-state index in [1.54, 1.807) is 11.8 Å². The van der Waals surface area contributed by atoms with Crippen LogP contribution in [0.3, 0.4) is 0 Å². The molecule has 0 spiro atoms. The van der Waals surface area contributed by atoms with Crippen molar-refractivity contribution in [2.24, 2.45) is 0 Å². The predicted molar refractivity (Wildman–Crippen MR) is 64.2 cm³/mol. The van der Waals surface area contributed by atoms with E-state index >= 15 is 0 Å². The SMILES string of the molecule is CCCSc1nc(C)c(C)c(C)c1C#N. The third kappa shape index (κ3) is 2.51. The average Bonchev–Trinajstić information content (AvgIpc) is 2.23. The summed E-state index contributed by atoms with van der Waals surface area (Å²) in [6.45, 7) is 8.15. The smallest absolute Gasteiger partial charge is 0.114 e. The maximum atomic E-state index is 9.11. The van der Waals surface area contributed by atoms with Gasteiger partial charge >= 0.3 is 0 Å². The highest BCUT2D eigenvalue weighted by Gasteiger charge is 2.11. The minimum absolute atomic E-state index is 0.747. The Hall–Kier alpha value is -1.01. The summed E-state index contributed by atoms with van der Waals surface area (Å²) in [6, 6.07) is 2.26. The Labute approximate surface area is 95.7 Å². The van der Waals surface area contributed by atoms with Gasteiger partial charge in [-0.15, -0.1) is 11.8 Å². The van der Waals surface area contributed by atoms with Crippen LogP contribution in [0.4, 0.5) is 0 Å². The number of pyridine rings is 1. The van der Waals surface area contributed by atoms with Crippen LogP contribution in [0.2, 0.25) is 0 Å². The van der Waals surface area contributed by atoms with Gasteiger partial charge in [0.25, 0.3) is 0 Å². The van der Waals surface area contributed by atoms with Crippen LogP contribution in [0.25, 0.3) is 0 Å². The van der Waals surface area contributed by atoms with Gasteiger partial charge in [0.2, 0.25) is 0 Å². The van der Waals surface area contributed by atoms with Crippen molar-refractivity contribution in [1.82, 2.24) is 4.98 Å². The second kappa shape index (κ2) is 5.18. The van der Waals surface area contributed by atoms with Gasteiger partial charge in [-0.3, -0.25) is 0 Å². The van der Waals surface area contributed by atoms with E-state index in [9.17, 15) is 0 Å². The van der Waals surface area contributed by atoms with Gasteiger partial charge in [-0.05, 0) is 44.1 Å². The molecule has 0 amide bonds. The van der Waals surface area contributed by atoms with Crippen molar-refractivity contribution in [3.8, 4) is 6.07 Å². The monoisotopic (exact) mass is 220 g/mol. The molecule has 15 heavy (non-hydrogen) atoms. The molecule has 0 aliphatic rings. The summed E-state index contributed by atoms with van der Waals surface area (Å²) in [7, 11) is 0. The topological polar surface area (TPSA) is 36.7 Å². The Balaban J connectivity index is 3.21. The van der Waals surface area contributed by atoms with Crippen LogP contribution in [-0.2, 0) is 0 Å². The van der Waals surface area contributed by atoms with Crippen LogP contribution in [0.1, 0.15) is 35.7 Å². The molecule has 1 heterocycles. The summed E-state index contributed by atoms with van der Waals surface area (Å²) in [6.07, 6.45) is 1.10. The molecule has 0 atom stereocenters. The van der Waals surface area contributed by atoms with E-state index in [-0.39, 0.29) is 0 Å². The maximum Gasteiger partial charge on any atom is 0.114 e. The van der Waals surface area contributed by atoms with Gasteiger partial charge in [0.05, 0.1) is 5.56 Å². The Morgan fingerprint density at radius 1 is 1.27 bits per heavy atom. The largest absolute Gasteiger partial charge is 0.245 e. The number of rotatable bonds is 3. The van der Waals surface area contributed by atoms with Crippen LogP contribution in [0.15, 0.2) is 5.03 Å². The maximum absolute atomic E-state index is 9.11. The van der Waals surface area contributed by atoms with Crippen molar-refractivity contribution in [3.63, 3.8) is 0 Å².